The molecule has 0 spiro atoms. The molecular weight excluding hydrogens is 429 g/mol. The van der Waals surface area contributed by atoms with Crippen LogP contribution in [0.15, 0.2) is 29.3 Å². The molecule has 142 valence electrons. The third kappa shape index (κ3) is 8.37. The standard InChI is InChI=1S/C19H31N3O2.HI/c1-16-7-9-17(10-8-16)14-22(3)19(20-2)21-11-5-12-23-15-18-6-4-13-24-18;/h7-10,18H,4-6,11-15H2,1-3H3,(H,20,21);1H. The van der Waals surface area contributed by atoms with Gasteiger partial charge in [-0.15, -0.1) is 24.0 Å². The molecule has 1 aromatic carbocycles. The highest BCUT2D eigenvalue weighted by molar-refractivity contribution is 14.0. The van der Waals surface area contributed by atoms with Crippen LogP contribution in [-0.2, 0) is 16.0 Å². The van der Waals surface area contributed by atoms with Crippen LogP contribution in [0.4, 0.5) is 0 Å². The van der Waals surface area contributed by atoms with Gasteiger partial charge in [-0.3, -0.25) is 4.99 Å². The molecule has 1 aliphatic heterocycles. The van der Waals surface area contributed by atoms with Crippen molar-refractivity contribution in [1.82, 2.24) is 10.2 Å². The molecule has 0 aliphatic carbocycles. The first-order valence-electron chi connectivity index (χ1n) is 8.85. The maximum Gasteiger partial charge on any atom is 0.193 e. The number of aliphatic imine (C=N–C) groups is 1. The lowest BCUT2D eigenvalue weighted by Crippen LogP contribution is -2.39. The third-order valence-corrected chi connectivity index (χ3v) is 4.19. The number of benzene rings is 1. The van der Waals surface area contributed by atoms with E-state index < -0.39 is 0 Å². The van der Waals surface area contributed by atoms with E-state index in [4.69, 9.17) is 9.47 Å². The van der Waals surface area contributed by atoms with Crippen LogP contribution in [0.2, 0.25) is 0 Å². The van der Waals surface area contributed by atoms with Crippen molar-refractivity contribution in [2.24, 2.45) is 4.99 Å². The highest BCUT2D eigenvalue weighted by atomic mass is 127. The Morgan fingerprint density at radius 2 is 2.12 bits per heavy atom. The van der Waals surface area contributed by atoms with E-state index >= 15 is 0 Å². The Balaban J connectivity index is 0.00000312. The Morgan fingerprint density at radius 1 is 1.36 bits per heavy atom. The summed E-state index contributed by atoms with van der Waals surface area (Å²) in [4.78, 5) is 6.49. The van der Waals surface area contributed by atoms with Crippen molar-refractivity contribution >= 4 is 29.9 Å². The van der Waals surface area contributed by atoms with Gasteiger partial charge < -0.3 is 19.7 Å². The maximum absolute atomic E-state index is 5.68. The molecule has 0 amide bonds. The Bertz CT molecular complexity index is 502. The molecule has 2 rings (SSSR count). The van der Waals surface area contributed by atoms with Crippen molar-refractivity contribution in [2.45, 2.75) is 38.8 Å². The number of nitrogens with zero attached hydrogens (tertiary/aromatic N) is 2. The molecule has 0 saturated carbocycles. The number of guanidine groups is 1. The van der Waals surface area contributed by atoms with Crippen molar-refractivity contribution in [3.63, 3.8) is 0 Å². The number of aryl methyl sites for hydroxylation is 1. The van der Waals surface area contributed by atoms with Crippen molar-refractivity contribution in [2.75, 3.05) is 40.5 Å². The maximum atomic E-state index is 5.68. The predicted molar refractivity (Wildman–Crippen MR) is 114 cm³/mol. The molecule has 1 unspecified atom stereocenters. The Morgan fingerprint density at radius 3 is 2.76 bits per heavy atom. The zero-order chi connectivity index (χ0) is 17.2. The van der Waals surface area contributed by atoms with Crippen LogP contribution in [-0.4, -0.2) is 57.4 Å². The van der Waals surface area contributed by atoms with E-state index in [1.807, 2.05) is 7.05 Å². The fourth-order valence-electron chi connectivity index (χ4n) is 2.79. The number of halogens is 1. The number of hydrogen-bond donors (Lipinski definition) is 1. The van der Waals surface area contributed by atoms with E-state index in [2.05, 4.69) is 53.4 Å². The van der Waals surface area contributed by atoms with Crippen LogP contribution in [0.1, 0.15) is 30.4 Å². The number of hydrogen-bond acceptors (Lipinski definition) is 3. The number of ether oxygens (including phenoxy) is 2. The molecule has 0 bridgehead atoms. The average molecular weight is 461 g/mol. The summed E-state index contributed by atoms with van der Waals surface area (Å²) >= 11 is 0. The van der Waals surface area contributed by atoms with E-state index in [9.17, 15) is 0 Å². The van der Waals surface area contributed by atoms with Gasteiger partial charge in [-0.05, 0) is 31.7 Å². The predicted octanol–water partition coefficient (Wildman–Crippen LogP) is 3.21. The van der Waals surface area contributed by atoms with Gasteiger partial charge in [-0.2, -0.15) is 0 Å². The summed E-state index contributed by atoms with van der Waals surface area (Å²) in [6, 6.07) is 8.62. The molecule has 0 radical (unpaired) electrons. The minimum atomic E-state index is 0. The molecular formula is C19H32IN3O2. The minimum Gasteiger partial charge on any atom is -0.379 e. The van der Waals surface area contributed by atoms with Gasteiger partial charge in [0.25, 0.3) is 0 Å². The van der Waals surface area contributed by atoms with Crippen molar-refractivity contribution in [1.29, 1.82) is 0 Å². The van der Waals surface area contributed by atoms with Gasteiger partial charge in [-0.1, -0.05) is 29.8 Å². The zero-order valence-electron chi connectivity index (χ0n) is 15.7. The Labute approximate surface area is 169 Å². The van der Waals surface area contributed by atoms with Crippen LogP contribution in [0.3, 0.4) is 0 Å². The first kappa shape index (κ1) is 22.2. The Kier molecular flexibility index (Phi) is 11.1. The lowest BCUT2D eigenvalue weighted by atomic mass is 10.1. The highest BCUT2D eigenvalue weighted by Crippen LogP contribution is 2.11. The van der Waals surface area contributed by atoms with Gasteiger partial charge in [0.2, 0.25) is 0 Å². The molecule has 25 heavy (non-hydrogen) atoms. The fourth-order valence-corrected chi connectivity index (χ4v) is 2.79. The first-order valence-corrected chi connectivity index (χ1v) is 8.85. The monoisotopic (exact) mass is 461 g/mol. The topological polar surface area (TPSA) is 46.1 Å². The third-order valence-electron chi connectivity index (χ3n) is 4.19. The molecule has 1 N–H and O–H groups in total. The van der Waals surface area contributed by atoms with Gasteiger partial charge in [0.1, 0.15) is 0 Å². The summed E-state index contributed by atoms with van der Waals surface area (Å²) in [5.74, 6) is 0.912. The van der Waals surface area contributed by atoms with Gasteiger partial charge >= 0.3 is 0 Å². The first-order chi connectivity index (χ1) is 11.7. The van der Waals surface area contributed by atoms with E-state index in [0.717, 1.165) is 51.7 Å². The van der Waals surface area contributed by atoms with Crippen LogP contribution in [0, 0.1) is 6.92 Å². The lowest BCUT2D eigenvalue weighted by Gasteiger charge is -2.22. The van der Waals surface area contributed by atoms with E-state index in [1.165, 1.54) is 17.5 Å². The molecule has 1 fully saturated rings. The van der Waals surface area contributed by atoms with E-state index in [1.54, 1.807) is 0 Å². The summed E-state index contributed by atoms with van der Waals surface area (Å²) < 4.78 is 11.2. The molecule has 6 heteroatoms. The fraction of sp³-hybridized carbons (Fsp3) is 0.632. The van der Waals surface area contributed by atoms with Crippen LogP contribution >= 0.6 is 24.0 Å². The molecule has 1 atom stereocenters. The van der Waals surface area contributed by atoms with Crippen LogP contribution < -0.4 is 5.32 Å². The van der Waals surface area contributed by atoms with Gasteiger partial charge in [0.05, 0.1) is 12.7 Å². The average Bonchev–Trinajstić information content (AvgIpc) is 3.09. The molecule has 5 nitrogen and oxygen atoms in total. The van der Waals surface area contributed by atoms with Crippen molar-refractivity contribution in [3.05, 3.63) is 35.4 Å². The van der Waals surface area contributed by atoms with Gasteiger partial charge in [0, 0.05) is 40.4 Å². The SMILES string of the molecule is CN=C(NCCCOCC1CCCO1)N(C)Cc1ccc(C)cc1.I. The smallest absolute Gasteiger partial charge is 0.193 e. The highest BCUT2D eigenvalue weighted by Gasteiger charge is 2.14. The normalized spacial score (nSPS) is 17.2. The molecule has 1 saturated heterocycles. The second kappa shape index (κ2) is 12.5. The summed E-state index contributed by atoms with van der Waals surface area (Å²) in [6.07, 6.45) is 3.57. The van der Waals surface area contributed by atoms with Crippen LogP contribution in [0.25, 0.3) is 0 Å². The zero-order valence-corrected chi connectivity index (χ0v) is 18.0. The summed E-state index contributed by atoms with van der Waals surface area (Å²) in [6.45, 7) is 6.17. The van der Waals surface area contributed by atoms with Crippen molar-refractivity contribution in [3.8, 4) is 0 Å². The second-order valence-electron chi connectivity index (χ2n) is 6.38. The molecule has 0 aromatic heterocycles. The largest absolute Gasteiger partial charge is 0.379 e. The van der Waals surface area contributed by atoms with Crippen molar-refractivity contribution < 1.29 is 9.47 Å². The number of rotatable bonds is 8. The quantitative estimate of drug-likeness (QED) is 0.280. The number of nitrogens with one attached hydrogen (secondary N) is 1. The summed E-state index contributed by atoms with van der Waals surface area (Å²) in [5, 5.41) is 3.39. The summed E-state index contributed by atoms with van der Waals surface area (Å²) in [5.41, 5.74) is 2.57. The molecule has 1 heterocycles. The summed E-state index contributed by atoms with van der Waals surface area (Å²) in [7, 11) is 3.88. The Hall–Kier alpha value is -0.860. The molecule has 1 aliphatic rings. The molecule has 1 aromatic rings. The van der Waals surface area contributed by atoms with E-state index in [0.29, 0.717) is 6.10 Å². The second-order valence-corrected chi connectivity index (χ2v) is 6.38. The van der Waals surface area contributed by atoms with E-state index in [-0.39, 0.29) is 24.0 Å². The lowest BCUT2D eigenvalue weighted by molar-refractivity contribution is 0.0168. The van der Waals surface area contributed by atoms with Gasteiger partial charge in [0.15, 0.2) is 5.96 Å². The van der Waals surface area contributed by atoms with Gasteiger partial charge in [-0.25, -0.2) is 0 Å². The van der Waals surface area contributed by atoms with Crippen LogP contribution in [0.5, 0.6) is 0 Å². The minimum absolute atomic E-state index is 0.